The van der Waals surface area contributed by atoms with Gasteiger partial charge < -0.3 is 5.32 Å². The lowest BCUT2D eigenvalue weighted by molar-refractivity contribution is 0.0953. The summed E-state index contributed by atoms with van der Waals surface area (Å²) >= 11 is 1.64. The summed E-state index contributed by atoms with van der Waals surface area (Å²) in [5, 5.41) is 5.82. The predicted molar refractivity (Wildman–Crippen MR) is 77.2 cm³/mol. The van der Waals surface area contributed by atoms with Gasteiger partial charge in [0.1, 0.15) is 0 Å². The number of rotatable bonds is 3. The van der Waals surface area contributed by atoms with Crippen molar-refractivity contribution in [1.29, 1.82) is 0 Å². The number of carbonyl (C=O) groups excluding carboxylic acids is 1. The van der Waals surface area contributed by atoms with Crippen molar-refractivity contribution in [2.24, 2.45) is 0 Å². The number of amides is 1. The van der Waals surface area contributed by atoms with Crippen molar-refractivity contribution in [3.63, 3.8) is 0 Å². The minimum absolute atomic E-state index is 0.0630. The number of fused-ring (bicyclic) bond motifs is 1. The van der Waals surface area contributed by atoms with E-state index in [1.165, 1.54) is 0 Å². The van der Waals surface area contributed by atoms with E-state index in [0.717, 1.165) is 15.8 Å². The molecule has 0 saturated carbocycles. The maximum atomic E-state index is 12.2. The Morgan fingerprint density at radius 2 is 2.05 bits per heavy atom. The maximum Gasteiger partial charge on any atom is 0.252 e. The van der Waals surface area contributed by atoms with Crippen molar-refractivity contribution in [3.8, 4) is 0 Å². The van der Waals surface area contributed by atoms with E-state index in [2.05, 4.69) is 10.3 Å². The van der Waals surface area contributed by atoms with Crippen LogP contribution in [0.1, 0.15) is 15.2 Å². The van der Waals surface area contributed by atoms with E-state index in [4.69, 9.17) is 0 Å². The van der Waals surface area contributed by atoms with Crippen molar-refractivity contribution in [3.05, 3.63) is 64.5 Å². The van der Waals surface area contributed by atoms with E-state index in [9.17, 15) is 4.79 Å². The molecule has 94 valence electrons. The SMILES string of the molecule is O=C(NCc1cccs1)c1ccnc2ccccc12. The first-order valence-electron chi connectivity index (χ1n) is 5.99. The van der Waals surface area contributed by atoms with Crippen molar-refractivity contribution in [2.45, 2.75) is 6.54 Å². The van der Waals surface area contributed by atoms with Gasteiger partial charge in [0.25, 0.3) is 5.91 Å². The third kappa shape index (κ3) is 2.48. The monoisotopic (exact) mass is 268 g/mol. The quantitative estimate of drug-likeness (QED) is 0.792. The molecule has 0 aliphatic rings. The molecule has 1 N–H and O–H groups in total. The third-order valence-corrected chi connectivity index (χ3v) is 3.77. The molecule has 0 radical (unpaired) electrons. The summed E-state index contributed by atoms with van der Waals surface area (Å²) < 4.78 is 0. The molecule has 0 aliphatic carbocycles. The van der Waals surface area contributed by atoms with Gasteiger partial charge in [-0.3, -0.25) is 9.78 Å². The van der Waals surface area contributed by atoms with Gasteiger partial charge in [-0.05, 0) is 23.6 Å². The minimum Gasteiger partial charge on any atom is -0.347 e. The summed E-state index contributed by atoms with van der Waals surface area (Å²) in [5.41, 5.74) is 1.51. The van der Waals surface area contributed by atoms with Crippen LogP contribution >= 0.6 is 11.3 Å². The molecule has 19 heavy (non-hydrogen) atoms. The number of para-hydroxylation sites is 1. The highest BCUT2D eigenvalue weighted by molar-refractivity contribution is 7.09. The minimum atomic E-state index is -0.0630. The van der Waals surface area contributed by atoms with E-state index in [0.29, 0.717) is 12.1 Å². The Kier molecular flexibility index (Phi) is 3.25. The first-order valence-corrected chi connectivity index (χ1v) is 6.87. The lowest BCUT2D eigenvalue weighted by Crippen LogP contribution is -2.22. The number of aromatic nitrogens is 1. The standard InChI is InChI=1S/C15H12N2OS/c18-15(17-10-11-4-3-9-19-11)13-7-8-16-14-6-2-1-5-12(13)14/h1-9H,10H2,(H,17,18). The number of carbonyl (C=O) groups is 1. The molecule has 0 atom stereocenters. The van der Waals surface area contributed by atoms with Gasteiger partial charge in [0.2, 0.25) is 0 Å². The summed E-state index contributed by atoms with van der Waals surface area (Å²) in [6, 6.07) is 13.4. The molecule has 4 heteroatoms. The first-order chi connectivity index (χ1) is 9.34. The third-order valence-electron chi connectivity index (χ3n) is 2.90. The smallest absolute Gasteiger partial charge is 0.252 e. The van der Waals surface area contributed by atoms with Gasteiger partial charge in [-0.25, -0.2) is 0 Å². The molecular weight excluding hydrogens is 256 g/mol. The molecular formula is C15H12N2OS. The second-order valence-corrected chi connectivity index (χ2v) is 5.17. The van der Waals surface area contributed by atoms with Crippen LogP contribution in [0.3, 0.4) is 0 Å². The Hall–Kier alpha value is -2.20. The summed E-state index contributed by atoms with van der Waals surface area (Å²) in [4.78, 5) is 17.6. The van der Waals surface area contributed by atoms with Crippen LogP contribution in [0, 0.1) is 0 Å². The average Bonchev–Trinajstić information content (AvgIpc) is 2.97. The molecule has 0 saturated heterocycles. The lowest BCUT2D eigenvalue weighted by Gasteiger charge is -2.06. The molecule has 0 fully saturated rings. The number of thiophene rings is 1. The van der Waals surface area contributed by atoms with Crippen molar-refractivity contribution in [2.75, 3.05) is 0 Å². The van der Waals surface area contributed by atoms with Crippen LogP contribution in [0.2, 0.25) is 0 Å². The van der Waals surface area contributed by atoms with Gasteiger partial charge in [-0.2, -0.15) is 0 Å². The van der Waals surface area contributed by atoms with E-state index < -0.39 is 0 Å². The second-order valence-electron chi connectivity index (χ2n) is 4.14. The highest BCUT2D eigenvalue weighted by atomic mass is 32.1. The summed E-state index contributed by atoms with van der Waals surface area (Å²) in [5.74, 6) is -0.0630. The lowest BCUT2D eigenvalue weighted by atomic mass is 10.1. The van der Waals surface area contributed by atoms with Crippen LogP contribution in [-0.2, 0) is 6.54 Å². The molecule has 0 aliphatic heterocycles. The zero-order valence-electron chi connectivity index (χ0n) is 10.2. The molecule has 3 rings (SSSR count). The van der Waals surface area contributed by atoms with Crippen LogP contribution in [0.5, 0.6) is 0 Å². The van der Waals surface area contributed by atoms with Gasteiger partial charge in [-0.15, -0.1) is 11.3 Å². The predicted octanol–water partition coefficient (Wildman–Crippen LogP) is 3.23. The summed E-state index contributed by atoms with van der Waals surface area (Å²) in [6.07, 6.45) is 1.67. The largest absolute Gasteiger partial charge is 0.347 e. The van der Waals surface area contributed by atoms with Crippen LogP contribution < -0.4 is 5.32 Å². The van der Waals surface area contributed by atoms with E-state index >= 15 is 0 Å². The summed E-state index contributed by atoms with van der Waals surface area (Å²) in [7, 11) is 0. The van der Waals surface area contributed by atoms with Gasteiger partial charge in [0.05, 0.1) is 17.6 Å². The Morgan fingerprint density at radius 1 is 1.16 bits per heavy atom. The van der Waals surface area contributed by atoms with Crippen molar-refractivity contribution in [1.82, 2.24) is 10.3 Å². The summed E-state index contributed by atoms with van der Waals surface area (Å²) in [6.45, 7) is 0.563. The second kappa shape index (κ2) is 5.20. The normalized spacial score (nSPS) is 10.5. The van der Waals surface area contributed by atoms with Gasteiger partial charge in [0, 0.05) is 16.5 Å². The fourth-order valence-electron chi connectivity index (χ4n) is 1.97. The molecule has 0 unspecified atom stereocenters. The average molecular weight is 268 g/mol. The van der Waals surface area contributed by atoms with Crippen LogP contribution in [0.4, 0.5) is 0 Å². The highest BCUT2D eigenvalue weighted by Crippen LogP contribution is 2.16. The van der Waals surface area contributed by atoms with Crippen molar-refractivity contribution < 1.29 is 4.79 Å². The first kappa shape index (κ1) is 11.9. The highest BCUT2D eigenvalue weighted by Gasteiger charge is 2.09. The molecule has 0 spiro atoms. The number of hydrogen-bond acceptors (Lipinski definition) is 3. The van der Waals surface area contributed by atoms with Gasteiger partial charge in [-0.1, -0.05) is 24.3 Å². The molecule has 2 aromatic heterocycles. The zero-order valence-corrected chi connectivity index (χ0v) is 11.0. The molecule has 3 aromatic rings. The van der Waals surface area contributed by atoms with Crippen molar-refractivity contribution >= 4 is 28.1 Å². The molecule has 0 bridgehead atoms. The van der Waals surface area contributed by atoms with Crippen LogP contribution in [0.15, 0.2) is 54.0 Å². The Morgan fingerprint density at radius 3 is 2.89 bits per heavy atom. The molecule has 2 heterocycles. The topological polar surface area (TPSA) is 42.0 Å². The molecule has 3 nitrogen and oxygen atoms in total. The van der Waals surface area contributed by atoms with Crippen LogP contribution in [0.25, 0.3) is 10.9 Å². The Bertz CT molecular complexity index is 702. The van der Waals surface area contributed by atoms with Crippen LogP contribution in [-0.4, -0.2) is 10.9 Å². The number of hydrogen-bond donors (Lipinski definition) is 1. The van der Waals surface area contributed by atoms with E-state index in [-0.39, 0.29) is 5.91 Å². The zero-order chi connectivity index (χ0) is 13.1. The molecule has 1 aromatic carbocycles. The maximum absolute atomic E-state index is 12.2. The Labute approximate surface area is 114 Å². The molecule has 1 amide bonds. The van der Waals surface area contributed by atoms with E-state index in [1.807, 2.05) is 41.8 Å². The fraction of sp³-hybridized carbons (Fsp3) is 0.0667. The van der Waals surface area contributed by atoms with Gasteiger partial charge in [0.15, 0.2) is 0 Å². The Balaban J connectivity index is 1.85. The number of nitrogens with zero attached hydrogens (tertiary/aromatic N) is 1. The number of benzene rings is 1. The number of pyridine rings is 1. The van der Waals surface area contributed by atoms with E-state index in [1.54, 1.807) is 23.6 Å². The van der Waals surface area contributed by atoms with Gasteiger partial charge >= 0.3 is 0 Å². The number of nitrogens with one attached hydrogen (secondary N) is 1. The fourth-order valence-corrected chi connectivity index (χ4v) is 2.61.